The Hall–Kier alpha value is -4.42. The van der Waals surface area contributed by atoms with Crippen LogP contribution in [0.3, 0.4) is 0 Å². The molecule has 0 aliphatic carbocycles. The maximum Gasteiger partial charge on any atom is 0.410 e. The number of benzene rings is 1. The molecule has 0 radical (unpaired) electrons. The van der Waals surface area contributed by atoms with Gasteiger partial charge in [0, 0.05) is 43.9 Å². The van der Waals surface area contributed by atoms with Gasteiger partial charge in [0.1, 0.15) is 12.6 Å². The minimum absolute atomic E-state index is 0.0133. The van der Waals surface area contributed by atoms with Gasteiger partial charge in [-0.1, -0.05) is 39.8 Å². The summed E-state index contributed by atoms with van der Waals surface area (Å²) in [7, 11) is 2.87. The van der Waals surface area contributed by atoms with E-state index in [-0.39, 0.29) is 38.1 Å². The van der Waals surface area contributed by atoms with Crippen molar-refractivity contribution in [1.82, 2.24) is 20.9 Å². The standard InChI is InChI=1S/C29H43N5O8/c1-18(2)20(5)34(6)29(40)42-17-21-8-10-22(11-9-21)32-25(37)16-31-28(39)27(19(3)4)33-24(36)14-15-30-23(35)12-13-26(38)41-7/h8-13,18-20,27H,14-17H2,1-7H3,(H,30,35)(H,31,39)(H,32,37)(H,33,36)/b13-12-. The SMILES string of the molecule is COC(=O)/C=C\C(=O)NCCC(=O)NC(C(=O)NCC(=O)Nc1ccc(COC(=O)N(C)C(C)C(C)C)cc1)C(C)C. The van der Waals surface area contributed by atoms with Crippen LogP contribution < -0.4 is 21.3 Å². The van der Waals surface area contributed by atoms with Gasteiger partial charge in [0.05, 0.1) is 13.7 Å². The average molecular weight is 590 g/mol. The number of carbonyl (C=O) groups excluding carboxylic acids is 6. The molecule has 0 bridgehead atoms. The molecule has 0 saturated carbocycles. The Morgan fingerprint density at radius 3 is 2.10 bits per heavy atom. The summed E-state index contributed by atoms with van der Waals surface area (Å²) >= 11 is 0. The molecule has 0 aliphatic rings. The minimum Gasteiger partial charge on any atom is -0.466 e. The molecule has 13 nitrogen and oxygen atoms in total. The normalized spacial score (nSPS) is 12.3. The van der Waals surface area contributed by atoms with Gasteiger partial charge in [-0.25, -0.2) is 9.59 Å². The van der Waals surface area contributed by atoms with Gasteiger partial charge < -0.3 is 35.6 Å². The number of ether oxygens (including phenoxy) is 2. The van der Waals surface area contributed by atoms with Crippen molar-refractivity contribution in [1.29, 1.82) is 0 Å². The first-order valence-electron chi connectivity index (χ1n) is 13.6. The number of nitrogens with zero attached hydrogens (tertiary/aromatic N) is 1. The number of carbonyl (C=O) groups is 6. The predicted octanol–water partition coefficient (Wildman–Crippen LogP) is 1.73. The van der Waals surface area contributed by atoms with Crippen LogP contribution in [0.25, 0.3) is 0 Å². The van der Waals surface area contributed by atoms with E-state index < -0.39 is 41.7 Å². The van der Waals surface area contributed by atoms with E-state index in [2.05, 4.69) is 26.0 Å². The molecule has 1 rings (SSSR count). The molecule has 1 aromatic rings. The molecule has 0 aliphatic heterocycles. The third-order valence-corrected chi connectivity index (χ3v) is 6.38. The highest BCUT2D eigenvalue weighted by Gasteiger charge is 2.24. The topological polar surface area (TPSA) is 172 Å². The fourth-order valence-corrected chi connectivity index (χ4v) is 3.38. The first-order chi connectivity index (χ1) is 19.7. The first kappa shape index (κ1) is 35.6. The van der Waals surface area contributed by atoms with Crippen LogP contribution in [0.1, 0.15) is 46.6 Å². The number of amides is 5. The molecule has 0 fully saturated rings. The lowest BCUT2D eigenvalue weighted by Gasteiger charge is -2.27. The van der Waals surface area contributed by atoms with Gasteiger partial charge in [-0.3, -0.25) is 19.2 Å². The molecule has 5 amide bonds. The van der Waals surface area contributed by atoms with Gasteiger partial charge in [0.2, 0.25) is 23.6 Å². The Bertz CT molecular complexity index is 1120. The zero-order chi connectivity index (χ0) is 31.8. The van der Waals surface area contributed by atoms with Crippen LogP contribution in [0, 0.1) is 11.8 Å². The molecule has 2 atom stereocenters. The number of methoxy groups -OCH3 is 1. The quantitative estimate of drug-likeness (QED) is 0.177. The summed E-state index contributed by atoms with van der Waals surface area (Å²) < 4.78 is 9.74. The molecule has 0 spiro atoms. The highest BCUT2D eigenvalue weighted by atomic mass is 16.6. The second-order valence-corrected chi connectivity index (χ2v) is 10.3. The average Bonchev–Trinajstić information content (AvgIpc) is 2.95. The van der Waals surface area contributed by atoms with E-state index in [9.17, 15) is 28.8 Å². The Morgan fingerprint density at radius 2 is 1.52 bits per heavy atom. The lowest BCUT2D eigenvalue weighted by atomic mass is 10.0. The van der Waals surface area contributed by atoms with Crippen molar-refractivity contribution in [2.24, 2.45) is 11.8 Å². The van der Waals surface area contributed by atoms with E-state index in [0.717, 1.165) is 17.7 Å². The summed E-state index contributed by atoms with van der Waals surface area (Å²) in [5, 5.41) is 10.2. The predicted molar refractivity (Wildman–Crippen MR) is 156 cm³/mol. The number of esters is 1. The van der Waals surface area contributed by atoms with Crippen molar-refractivity contribution in [2.75, 3.05) is 32.6 Å². The fraction of sp³-hybridized carbons (Fsp3) is 0.517. The van der Waals surface area contributed by atoms with E-state index in [1.807, 2.05) is 20.8 Å². The van der Waals surface area contributed by atoms with Crippen LogP contribution >= 0.6 is 0 Å². The molecule has 4 N–H and O–H groups in total. The van der Waals surface area contributed by atoms with Crippen molar-refractivity contribution in [2.45, 2.75) is 59.7 Å². The summed E-state index contributed by atoms with van der Waals surface area (Å²) in [6.07, 6.45) is 1.42. The lowest BCUT2D eigenvalue weighted by molar-refractivity contribution is -0.135. The molecule has 2 unspecified atom stereocenters. The highest BCUT2D eigenvalue weighted by molar-refractivity contribution is 5.96. The fourth-order valence-electron chi connectivity index (χ4n) is 3.38. The highest BCUT2D eigenvalue weighted by Crippen LogP contribution is 2.13. The number of anilines is 1. The summed E-state index contributed by atoms with van der Waals surface area (Å²) in [6, 6.07) is 5.89. The Kier molecular flexibility index (Phi) is 15.3. The van der Waals surface area contributed by atoms with Crippen molar-refractivity contribution in [3.63, 3.8) is 0 Å². The largest absolute Gasteiger partial charge is 0.466 e. The summed E-state index contributed by atoms with van der Waals surface area (Å²) in [4.78, 5) is 73.8. The Balaban J connectivity index is 2.49. The third kappa shape index (κ3) is 13.3. The van der Waals surface area contributed by atoms with Crippen LogP contribution in [0.15, 0.2) is 36.4 Å². The molecular formula is C29H43N5O8. The summed E-state index contributed by atoms with van der Waals surface area (Å²) in [6.45, 7) is 9.23. The number of hydrogen-bond acceptors (Lipinski definition) is 8. The van der Waals surface area contributed by atoms with E-state index >= 15 is 0 Å². The van der Waals surface area contributed by atoms with E-state index in [1.54, 1.807) is 50.1 Å². The number of hydrogen-bond donors (Lipinski definition) is 4. The van der Waals surface area contributed by atoms with Crippen LogP contribution in [0.2, 0.25) is 0 Å². The van der Waals surface area contributed by atoms with Crippen LogP contribution in [0.5, 0.6) is 0 Å². The molecule has 13 heteroatoms. The summed E-state index contributed by atoms with van der Waals surface area (Å²) in [5.74, 6) is -2.72. The van der Waals surface area contributed by atoms with Gasteiger partial charge in [0.25, 0.3) is 0 Å². The first-order valence-corrected chi connectivity index (χ1v) is 13.6. The van der Waals surface area contributed by atoms with Crippen molar-refractivity contribution in [3.8, 4) is 0 Å². The maximum atomic E-state index is 12.7. The Morgan fingerprint density at radius 1 is 0.881 bits per heavy atom. The minimum atomic E-state index is -0.898. The molecule has 232 valence electrons. The van der Waals surface area contributed by atoms with E-state index in [1.165, 1.54) is 7.11 Å². The van der Waals surface area contributed by atoms with Gasteiger partial charge in [-0.15, -0.1) is 0 Å². The smallest absolute Gasteiger partial charge is 0.410 e. The molecule has 0 saturated heterocycles. The molecule has 42 heavy (non-hydrogen) atoms. The van der Waals surface area contributed by atoms with Gasteiger partial charge in [-0.05, 0) is 36.5 Å². The third-order valence-electron chi connectivity index (χ3n) is 6.38. The van der Waals surface area contributed by atoms with Gasteiger partial charge >= 0.3 is 12.1 Å². The van der Waals surface area contributed by atoms with Crippen LogP contribution in [0.4, 0.5) is 10.5 Å². The van der Waals surface area contributed by atoms with Gasteiger partial charge in [-0.2, -0.15) is 0 Å². The summed E-state index contributed by atoms with van der Waals surface area (Å²) in [5.41, 5.74) is 1.24. The lowest BCUT2D eigenvalue weighted by Crippen LogP contribution is -2.51. The zero-order valence-electron chi connectivity index (χ0n) is 25.3. The van der Waals surface area contributed by atoms with Crippen LogP contribution in [-0.2, 0) is 40.1 Å². The second kappa shape index (κ2) is 18.1. The van der Waals surface area contributed by atoms with Crippen LogP contribution in [-0.4, -0.2) is 79.9 Å². The van der Waals surface area contributed by atoms with Gasteiger partial charge in [0.15, 0.2) is 0 Å². The molecular weight excluding hydrogens is 546 g/mol. The molecule has 0 heterocycles. The monoisotopic (exact) mass is 589 g/mol. The van der Waals surface area contributed by atoms with Crippen molar-refractivity contribution >= 4 is 41.4 Å². The zero-order valence-corrected chi connectivity index (χ0v) is 25.3. The maximum absolute atomic E-state index is 12.7. The second-order valence-electron chi connectivity index (χ2n) is 10.3. The molecule has 1 aromatic carbocycles. The van der Waals surface area contributed by atoms with Crippen molar-refractivity contribution in [3.05, 3.63) is 42.0 Å². The van der Waals surface area contributed by atoms with Crippen molar-refractivity contribution < 1.29 is 38.2 Å². The molecule has 0 aromatic heterocycles. The number of rotatable bonds is 15. The van der Waals surface area contributed by atoms with E-state index in [0.29, 0.717) is 11.6 Å². The number of nitrogens with one attached hydrogen (secondary N) is 4. The Labute approximate surface area is 246 Å². The van der Waals surface area contributed by atoms with E-state index in [4.69, 9.17) is 4.74 Å².